The van der Waals surface area contributed by atoms with E-state index in [0.29, 0.717) is 12.2 Å². The van der Waals surface area contributed by atoms with Crippen molar-refractivity contribution in [3.63, 3.8) is 0 Å². The van der Waals surface area contributed by atoms with Gasteiger partial charge >= 0.3 is 11.9 Å². The number of carboxylic acids is 1. The second-order valence-corrected chi connectivity index (χ2v) is 3.04. The molecule has 0 saturated heterocycles. The Kier molecular flexibility index (Phi) is 3.41. The van der Waals surface area contributed by atoms with Crippen LogP contribution >= 0.6 is 0 Å². The highest BCUT2D eigenvalue weighted by molar-refractivity contribution is 6.37. The van der Waals surface area contributed by atoms with E-state index in [1.165, 1.54) is 7.05 Å². The van der Waals surface area contributed by atoms with E-state index in [4.69, 9.17) is 10.8 Å². The average Bonchev–Trinajstić information content (AvgIpc) is 2.27. The van der Waals surface area contributed by atoms with E-state index in [9.17, 15) is 9.59 Å². The normalized spacial score (nSPS) is 9.73. The van der Waals surface area contributed by atoms with Crippen LogP contribution in [0.1, 0.15) is 5.56 Å². The summed E-state index contributed by atoms with van der Waals surface area (Å²) in [6.07, 6.45) is 0. The first kappa shape index (κ1) is 11.2. The van der Waals surface area contributed by atoms with Crippen molar-refractivity contribution in [2.24, 2.45) is 5.73 Å². The summed E-state index contributed by atoms with van der Waals surface area (Å²) in [5.41, 5.74) is 6.86. The third-order valence-corrected chi connectivity index (χ3v) is 2.05. The first-order valence-electron chi connectivity index (χ1n) is 4.36. The van der Waals surface area contributed by atoms with Crippen molar-refractivity contribution in [2.45, 2.75) is 6.54 Å². The Morgan fingerprint density at radius 2 is 1.87 bits per heavy atom. The van der Waals surface area contributed by atoms with Crippen molar-refractivity contribution >= 4 is 17.6 Å². The lowest BCUT2D eigenvalue weighted by atomic mass is 10.2. The fourth-order valence-electron chi connectivity index (χ4n) is 1.12. The van der Waals surface area contributed by atoms with Gasteiger partial charge in [0.25, 0.3) is 0 Å². The van der Waals surface area contributed by atoms with Crippen LogP contribution in [0.4, 0.5) is 5.69 Å². The highest BCUT2D eigenvalue weighted by Gasteiger charge is 2.18. The van der Waals surface area contributed by atoms with Gasteiger partial charge in [0.15, 0.2) is 0 Å². The van der Waals surface area contributed by atoms with E-state index in [0.717, 1.165) is 10.5 Å². The molecule has 0 aliphatic rings. The summed E-state index contributed by atoms with van der Waals surface area (Å²) < 4.78 is 0. The molecule has 5 nitrogen and oxygen atoms in total. The van der Waals surface area contributed by atoms with Gasteiger partial charge < -0.3 is 15.7 Å². The van der Waals surface area contributed by atoms with Crippen molar-refractivity contribution in [3.05, 3.63) is 29.8 Å². The van der Waals surface area contributed by atoms with Gasteiger partial charge in [0.05, 0.1) is 0 Å². The van der Waals surface area contributed by atoms with Gasteiger partial charge in [-0.25, -0.2) is 4.79 Å². The van der Waals surface area contributed by atoms with Crippen molar-refractivity contribution in [3.8, 4) is 0 Å². The molecular formula is C10H12N2O3. The lowest BCUT2D eigenvalue weighted by Gasteiger charge is -2.14. The maximum absolute atomic E-state index is 11.1. The van der Waals surface area contributed by atoms with Crippen molar-refractivity contribution in [1.82, 2.24) is 0 Å². The number of anilines is 1. The zero-order chi connectivity index (χ0) is 11.4. The molecule has 0 aliphatic heterocycles. The Balaban J connectivity index is 2.87. The minimum absolute atomic E-state index is 0.414. The molecule has 15 heavy (non-hydrogen) atoms. The quantitative estimate of drug-likeness (QED) is 0.680. The summed E-state index contributed by atoms with van der Waals surface area (Å²) in [6.45, 7) is 0.414. The molecule has 0 aromatic heterocycles. The molecule has 1 aromatic rings. The summed E-state index contributed by atoms with van der Waals surface area (Å²) in [5.74, 6) is -2.43. The number of hydrogen-bond acceptors (Lipinski definition) is 3. The van der Waals surface area contributed by atoms with Gasteiger partial charge in [0.2, 0.25) is 0 Å². The number of carbonyl (C=O) groups excluding carboxylic acids is 1. The summed E-state index contributed by atoms with van der Waals surface area (Å²) in [6, 6.07) is 6.81. The van der Waals surface area contributed by atoms with Crippen LogP contribution in [0.2, 0.25) is 0 Å². The smallest absolute Gasteiger partial charge is 0.394 e. The maximum Gasteiger partial charge on any atom is 0.394 e. The molecule has 1 aromatic carbocycles. The number of likely N-dealkylation sites (N-methyl/N-ethyl adjacent to an activating group) is 1. The van der Waals surface area contributed by atoms with Crippen LogP contribution in [0, 0.1) is 0 Å². The van der Waals surface area contributed by atoms with Crippen molar-refractivity contribution < 1.29 is 14.7 Å². The zero-order valence-corrected chi connectivity index (χ0v) is 8.30. The molecule has 1 amide bonds. The number of rotatable bonds is 2. The molecule has 0 bridgehead atoms. The minimum Gasteiger partial charge on any atom is -0.474 e. The third kappa shape index (κ3) is 2.54. The zero-order valence-electron chi connectivity index (χ0n) is 8.30. The Labute approximate surface area is 87.1 Å². The molecule has 0 fully saturated rings. The van der Waals surface area contributed by atoms with Gasteiger partial charge in [-0.1, -0.05) is 12.1 Å². The van der Waals surface area contributed by atoms with Crippen LogP contribution in [0.5, 0.6) is 0 Å². The summed E-state index contributed by atoms with van der Waals surface area (Å²) in [4.78, 5) is 22.6. The van der Waals surface area contributed by atoms with Gasteiger partial charge in [0, 0.05) is 19.3 Å². The van der Waals surface area contributed by atoms with E-state index in [1.807, 2.05) is 0 Å². The lowest BCUT2D eigenvalue weighted by molar-refractivity contribution is -0.148. The molecule has 0 unspecified atom stereocenters. The Bertz CT molecular complexity index is 373. The van der Waals surface area contributed by atoms with Crippen LogP contribution < -0.4 is 10.6 Å². The number of amides is 1. The SMILES string of the molecule is CN(C(=O)C(=O)O)c1ccc(CN)cc1. The summed E-state index contributed by atoms with van der Waals surface area (Å²) >= 11 is 0. The molecule has 0 atom stereocenters. The third-order valence-electron chi connectivity index (χ3n) is 2.05. The van der Waals surface area contributed by atoms with E-state index >= 15 is 0 Å². The van der Waals surface area contributed by atoms with Gasteiger partial charge in [-0.05, 0) is 17.7 Å². The topological polar surface area (TPSA) is 83.6 Å². The van der Waals surface area contributed by atoms with E-state index in [-0.39, 0.29) is 0 Å². The lowest BCUT2D eigenvalue weighted by Crippen LogP contribution is -2.32. The highest BCUT2D eigenvalue weighted by Crippen LogP contribution is 2.13. The number of hydrogen-bond donors (Lipinski definition) is 2. The molecule has 0 spiro atoms. The number of nitrogens with two attached hydrogens (primary N) is 1. The number of benzene rings is 1. The Hall–Kier alpha value is -1.88. The van der Waals surface area contributed by atoms with Crippen molar-refractivity contribution in [2.75, 3.05) is 11.9 Å². The Morgan fingerprint density at radius 3 is 2.27 bits per heavy atom. The molecule has 80 valence electrons. The fourth-order valence-corrected chi connectivity index (χ4v) is 1.12. The van der Waals surface area contributed by atoms with Crippen molar-refractivity contribution in [1.29, 1.82) is 0 Å². The molecule has 0 radical (unpaired) electrons. The number of aliphatic carboxylic acids is 1. The standard InChI is InChI=1S/C10H12N2O3/c1-12(9(13)10(14)15)8-4-2-7(6-11)3-5-8/h2-5H,6,11H2,1H3,(H,14,15). The second kappa shape index (κ2) is 4.56. The predicted octanol–water partition coefficient (Wildman–Crippen LogP) is 0.193. The minimum atomic E-state index is -1.47. The molecule has 1 rings (SSSR count). The largest absolute Gasteiger partial charge is 0.474 e. The Morgan fingerprint density at radius 1 is 1.33 bits per heavy atom. The molecular weight excluding hydrogens is 196 g/mol. The van der Waals surface area contributed by atoms with E-state index in [2.05, 4.69) is 0 Å². The average molecular weight is 208 g/mol. The summed E-state index contributed by atoms with van der Waals surface area (Å²) in [7, 11) is 1.41. The summed E-state index contributed by atoms with van der Waals surface area (Å²) in [5, 5.41) is 8.50. The molecule has 0 aliphatic carbocycles. The predicted molar refractivity (Wildman–Crippen MR) is 55.4 cm³/mol. The number of carboxylic acid groups (broad SMARTS) is 1. The number of carbonyl (C=O) groups is 2. The molecule has 0 heterocycles. The highest BCUT2D eigenvalue weighted by atomic mass is 16.4. The van der Waals surface area contributed by atoms with Gasteiger partial charge in [-0.3, -0.25) is 4.79 Å². The molecule has 5 heteroatoms. The first-order valence-corrected chi connectivity index (χ1v) is 4.36. The molecule has 0 saturated carbocycles. The van der Waals surface area contributed by atoms with Crippen LogP contribution in [-0.4, -0.2) is 24.0 Å². The number of nitrogens with zero attached hydrogens (tertiary/aromatic N) is 1. The van der Waals surface area contributed by atoms with Gasteiger partial charge in [0.1, 0.15) is 0 Å². The van der Waals surface area contributed by atoms with E-state index in [1.54, 1.807) is 24.3 Å². The van der Waals surface area contributed by atoms with Crippen LogP contribution in [0.15, 0.2) is 24.3 Å². The molecule has 3 N–H and O–H groups in total. The van der Waals surface area contributed by atoms with E-state index < -0.39 is 11.9 Å². The monoisotopic (exact) mass is 208 g/mol. The van der Waals surface area contributed by atoms with Crippen LogP contribution in [-0.2, 0) is 16.1 Å². The van der Waals surface area contributed by atoms with Crippen LogP contribution in [0.3, 0.4) is 0 Å². The van der Waals surface area contributed by atoms with Gasteiger partial charge in [-0.2, -0.15) is 0 Å². The fraction of sp³-hybridized carbons (Fsp3) is 0.200. The van der Waals surface area contributed by atoms with Crippen LogP contribution in [0.25, 0.3) is 0 Å². The maximum atomic E-state index is 11.1. The first-order chi connectivity index (χ1) is 7.06. The second-order valence-electron chi connectivity index (χ2n) is 3.04. The van der Waals surface area contributed by atoms with Gasteiger partial charge in [-0.15, -0.1) is 0 Å².